The van der Waals surface area contributed by atoms with Crippen LogP contribution in [0.4, 0.5) is 0 Å². The summed E-state index contributed by atoms with van der Waals surface area (Å²) >= 11 is 5.41. The Morgan fingerprint density at radius 3 is 3.20 bits per heavy atom. The highest BCUT2D eigenvalue weighted by atomic mass is 35.5. The summed E-state index contributed by atoms with van der Waals surface area (Å²) in [4.78, 5) is 0. The average molecular weight is 225 g/mol. The number of ether oxygens (including phenoxy) is 1. The quantitative estimate of drug-likeness (QED) is 0.856. The summed E-state index contributed by atoms with van der Waals surface area (Å²) in [6.45, 7) is 0.468. The molecule has 0 amide bonds. The van der Waals surface area contributed by atoms with Gasteiger partial charge in [-0.15, -0.1) is 0 Å². The van der Waals surface area contributed by atoms with Gasteiger partial charge in [0.25, 0.3) is 0 Å². The maximum atomic E-state index is 9.69. The highest BCUT2D eigenvalue weighted by Crippen LogP contribution is 2.36. The first-order chi connectivity index (χ1) is 7.33. The van der Waals surface area contributed by atoms with Gasteiger partial charge in [-0.1, -0.05) is 23.7 Å². The molecule has 1 aromatic carbocycles. The van der Waals surface area contributed by atoms with Gasteiger partial charge in [-0.2, -0.15) is 0 Å². The topological polar surface area (TPSA) is 29.5 Å². The van der Waals surface area contributed by atoms with E-state index in [1.165, 1.54) is 5.54 Å². The minimum atomic E-state index is -0.327. The van der Waals surface area contributed by atoms with E-state index in [-0.39, 0.29) is 6.10 Å². The van der Waals surface area contributed by atoms with Gasteiger partial charge in [0, 0.05) is 11.1 Å². The van der Waals surface area contributed by atoms with Crippen molar-refractivity contribution in [3.8, 4) is 5.75 Å². The van der Waals surface area contributed by atoms with Crippen LogP contribution in [0.25, 0.3) is 0 Å². The van der Waals surface area contributed by atoms with Gasteiger partial charge in [0.1, 0.15) is 12.4 Å². The summed E-state index contributed by atoms with van der Waals surface area (Å²) in [7, 11) is 0. The SMILES string of the molecule is OC1CCc2c(OCC=CCl)cccc21. The first-order valence-electron chi connectivity index (χ1n) is 5.01. The zero-order chi connectivity index (χ0) is 10.7. The fourth-order valence-electron chi connectivity index (χ4n) is 1.91. The van der Waals surface area contributed by atoms with E-state index in [0.717, 1.165) is 29.7 Å². The molecule has 0 saturated carbocycles. The van der Waals surface area contributed by atoms with Crippen LogP contribution in [0.15, 0.2) is 29.8 Å². The molecule has 0 saturated heterocycles. The van der Waals surface area contributed by atoms with E-state index in [1.807, 2.05) is 18.2 Å². The second-order valence-electron chi connectivity index (χ2n) is 3.55. The summed E-state index contributed by atoms with van der Waals surface area (Å²) in [5.41, 5.74) is 3.58. The highest BCUT2D eigenvalue weighted by Gasteiger charge is 2.22. The Kier molecular flexibility index (Phi) is 3.29. The molecule has 0 heterocycles. The molecule has 2 rings (SSSR count). The van der Waals surface area contributed by atoms with Gasteiger partial charge in [0.05, 0.1) is 6.10 Å². The molecule has 1 unspecified atom stereocenters. The number of hydrogen-bond acceptors (Lipinski definition) is 2. The fraction of sp³-hybridized carbons (Fsp3) is 0.333. The number of benzene rings is 1. The number of fused-ring (bicyclic) bond motifs is 1. The lowest BCUT2D eigenvalue weighted by atomic mass is 10.1. The lowest BCUT2D eigenvalue weighted by molar-refractivity contribution is 0.180. The van der Waals surface area contributed by atoms with Gasteiger partial charge in [0.15, 0.2) is 0 Å². The molecule has 0 radical (unpaired) electrons. The molecule has 0 aromatic heterocycles. The molecule has 0 aliphatic heterocycles. The summed E-state index contributed by atoms with van der Waals surface area (Å²) in [5, 5.41) is 9.69. The van der Waals surface area contributed by atoms with Crippen molar-refractivity contribution in [3.05, 3.63) is 40.9 Å². The largest absolute Gasteiger partial charge is 0.489 e. The monoisotopic (exact) mass is 224 g/mol. The Bertz CT molecular complexity index is 374. The van der Waals surface area contributed by atoms with Gasteiger partial charge >= 0.3 is 0 Å². The molecular weight excluding hydrogens is 212 g/mol. The maximum absolute atomic E-state index is 9.69. The van der Waals surface area contributed by atoms with Crippen LogP contribution < -0.4 is 4.74 Å². The molecule has 15 heavy (non-hydrogen) atoms. The molecule has 1 aliphatic rings. The first-order valence-corrected chi connectivity index (χ1v) is 5.44. The predicted molar refractivity (Wildman–Crippen MR) is 60.2 cm³/mol. The number of aliphatic hydroxyl groups is 1. The Morgan fingerprint density at radius 1 is 1.53 bits per heavy atom. The molecule has 1 atom stereocenters. The molecule has 0 bridgehead atoms. The van der Waals surface area contributed by atoms with Crippen LogP contribution in [0.3, 0.4) is 0 Å². The van der Waals surface area contributed by atoms with Crippen molar-refractivity contribution >= 4 is 11.6 Å². The Hall–Kier alpha value is -0.990. The van der Waals surface area contributed by atoms with Crippen LogP contribution in [0.2, 0.25) is 0 Å². The summed E-state index contributed by atoms with van der Waals surface area (Å²) < 4.78 is 5.56. The zero-order valence-electron chi connectivity index (χ0n) is 8.32. The molecule has 0 spiro atoms. The lowest BCUT2D eigenvalue weighted by Gasteiger charge is -2.09. The number of hydrogen-bond donors (Lipinski definition) is 1. The summed E-state index contributed by atoms with van der Waals surface area (Å²) in [5.74, 6) is 0.860. The predicted octanol–water partition coefficient (Wildman–Crippen LogP) is 2.80. The molecule has 80 valence electrons. The molecule has 3 heteroatoms. The minimum Gasteiger partial charge on any atom is -0.489 e. The number of rotatable bonds is 3. The van der Waals surface area contributed by atoms with Crippen LogP contribution in [0, 0.1) is 0 Å². The van der Waals surface area contributed by atoms with E-state index in [1.54, 1.807) is 6.08 Å². The van der Waals surface area contributed by atoms with Crippen molar-refractivity contribution in [2.24, 2.45) is 0 Å². The van der Waals surface area contributed by atoms with E-state index >= 15 is 0 Å². The molecule has 1 aliphatic carbocycles. The van der Waals surface area contributed by atoms with Crippen LogP contribution in [-0.2, 0) is 6.42 Å². The third kappa shape index (κ3) is 2.16. The average Bonchev–Trinajstić information content (AvgIpc) is 2.62. The molecule has 1 N–H and O–H groups in total. The van der Waals surface area contributed by atoms with Crippen LogP contribution >= 0.6 is 11.6 Å². The Labute approximate surface area is 94.1 Å². The second-order valence-corrected chi connectivity index (χ2v) is 3.80. The third-order valence-electron chi connectivity index (χ3n) is 2.62. The Balaban J connectivity index is 2.18. The van der Waals surface area contributed by atoms with Crippen LogP contribution in [0.5, 0.6) is 5.75 Å². The van der Waals surface area contributed by atoms with E-state index < -0.39 is 0 Å². The van der Waals surface area contributed by atoms with Crippen molar-refractivity contribution in [1.82, 2.24) is 0 Å². The summed E-state index contributed by atoms with van der Waals surface area (Å²) in [6, 6.07) is 5.79. The Morgan fingerprint density at radius 2 is 2.40 bits per heavy atom. The maximum Gasteiger partial charge on any atom is 0.123 e. The standard InChI is InChI=1S/C12H13ClO2/c13-7-2-8-15-12-4-1-3-9-10(12)5-6-11(9)14/h1-4,7,11,14H,5-6,8H2. The van der Waals surface area contributed by atoms with Crippen molar-refractivity contribution in [2.45, 2.75) is 18.9 Å². The molecule has 2 nitrogen and oxygen atoms in total. The van der Waals surface area contributed by atoms with E-state index in [4.69, 9.17) is 16.3 Å². The van der Waals surface area contributed by atoms with E-state index in [2.05, 4.69) is 0 Å². The van der Waals surface area contributed by atoms with Gasteiger partial charge in [0.2, 0.25) is 0 Å². The molecule has 1 aromatic rings. The number of aliphatic hydroxyl groups excluding tert-OH is 1. The first kappa shape index (κ1) is 10.5. The molecular formula is C12H13ClO2. The van der Waals surface area contributed by atoms with E-state index in [9.17, 15) is 5.11 Å². The van der Waals surface area contributed by atoms with Crippen LogP contribution in [-0.4, -0.2) is 11.7 Å². The molecule has 0 fully saturated rings. The van der Waals surface area contributed by atoms with Gasteiger partial charge in [-0.05, 0) is 30.5 Å². The van der Waals surface area contributed by atoms with Crippen molar-refractivity contribution < 1.29 is 9.84 Å². The van der Waals surface area contributed by atoms with E-state index in [0.29, 0.717) is 6.61 Å². The summed E-state index contributed by atoms with van der Waals surface area (Å²) in [6.07, 6.45) is 3.09. The minimum absolute atomic E-state index is 0.327. The third-order valence-corrected chi connectivity index (χ3v) is 2.80. The highest BCUT2D eigenvalue weighted by molar-refractivity contribution is 6.25. The van der Waals surface area contributed by atoms with Crippen molar-refractivity contribution in [2.75, 3.05) is 6.61 Å². The van der Waals surface area contributed by atoms with Crippen molar-refractivity contribution in [1.29, 1.82) is 0 Å². The zero-order valence-corrected chi connectivity index (χ0v) is 9.07. The van der Waals surface area contributed by atoms with Gasteiger partial charge in [-0.25, -0.2) is 0 Å². The number of halogens is 1. The van der Waals surface area contributed by atoms with Crippen molar-refractivity contribution in [3.63, 3.8) is 0 Å². The second kappa shape index (κ2) is 4.69. The van der Waals surface area contributed by atoms with Gasteiger partial charge < -0.3 is 9.84 Å². The fourth-order valence-corrected chi connectivity index (χ4v) is 1.98. The normalized spacial score (nSPS) is 19.5. The lowest BCUT2D eigenvalue weighted by Crippen LogP contribution is -1.97. The van der Waals surface area contributed by atoms with Gasteiger partial charge in [-0.3, -0.25) is 0 Å². The smallest absolute Gasteiger partial charge is 0.123 e. The van der Waals surface area contributed by atoms with Crippen LogP contribution in [0.1, 0.15) is 23.7 Å².